The zero-order chi connectivity index (χ0) is 25.4. The number of piperazine rings is 1. The molecule has 1 aliphatic rings. The van der Waals surface area contributed by atoms with Gasteiger partial charge in [0, 0.05) is 43.5 Å². The predicted octanol–water partition coefficient (Wildman–Crippen LogP) is 5.38. The van der Waals surface area contributed by atoms with E-state index in [1.807, 2.05) is 28.9 Å². The zero-order valence-electron chi connectivity index (χ0n) is 19.9. The Bertz CT molecular complexity index is 1370. The molecule has 188 valence electrons. The fourth-order valence-electron chi connectivity index (χ4n) is 4.36. The lowest BCUT2D eigenvalue weighted by molar-refractivity contribution is -0.136. The Balaban J connectivity index is 1.21. The number of halogens is 3. The Hall–Kier alpha value is -4.02. The Morgan fingerprint density at radius 3 is 2.39 bits per heavy atom. The molecule has 5 rings (SSSR count). The Morgan fingerprint density at radius 2 is 1.72 bits per heavy atom. The van der Waals surface area contributed by atoms with Crippen molar-refractivity contribution in [2.45, 2.75) is 26.1 Å². The van der Waals surface area contributed by atoms with Crippen LogP contribution in [0.15, 0.2) is 54.7 Å². The van der Waals surface area contributed by atoms with E-state index in [1.165, 1.54) is 23.1 Å². The number of anilines is 2. The highest BCUT2D eigenvalue weighted by molar-refractivity contribution is 5.90. The highest BCUT2D eigenvalue weighted by Gasteiger charge is 2.34. The molecule has 4 aromatic rings. The number of benzene rings is 2. The topological polar surface area (TPSA) is 82.1 Å². The molecular formula is C25H26F3N7O. The van der Waals surface area contributed by atoms with E-state index < -0.39 is 17.8 Å². The predicted molar refractivity (Wildman–Crippen MR) is 132 cm³/mol. The summed E-state index contributed by atoms with van der Waals surface area (Å²) in [4.78, 5) is 24.3. The first-order chi connectivity index (χ1) is 17.2. The highest BCUT2D eigenvalue weighted by atomic mass is 19.4. The van der Waals surface area contributed by atoms with Gasteiger partial charge in [-0.05, 0) is 50.2 Å². The summed E-state index contributed by atoms with van der Waals surface area (Å²) in [5, 5.41) is 6.77. The number of fused-ring (bicyclic) bond motifs is 1. The molecule has 11 heteroatoms. The number of amides is 2. The number of hydrogen-bond donors (Lipinski definition) is 2. The Labute approximate surface area is 205 Å². The van der Waals surface area contributed by atoms with Crippen molar-refractivity contribution in [3.05, 3.63) is 60.3 Å². The third kappa shape index (κ3) is 4.60. The van der Waals surface area contributed by atoms with Gasteiger partial charge in [0.05, 0.1) is 17.4 Å². The van der Waals surface area contributed by atoms with E-state index in [2.05, 4.69) is 34.1 Å². The van der Waals surface area contributed by atoms with Crippen LogP contribution in [0.5, 0.6) is 0 Å². The number of nitrogens with zero attached hydrogens (tertiary/aromatic N) is 5. The quantitative estimate of drug-likeness (QED) is 0.397. The SMILES string of the molecule is CC(C)n1ncc2[nH]c(-c3ccc(N4CCN(C(=O)Nc5ccccc5C(F)(F)F)CC4)cc3)nc21. The second kappa shape index (κ2) is 9.21. The van der Waals surface area contributed by atoms with Crippen LogP contribution < -0.4 is 10.2 Å². The number of nitrogens with one attached hydrogen (secondary N) is 2. The van der Waals surface area contributed by atoms with Crippen LogP contribution in [0.2, 0.25) is 0 Å². The number of aromatic amines is 1. The van der Waals surface area contributed by atoms with Gasteiger partial charge in [-0.15, -0.1) is 0 Å². The van der Waals surface area contributed by atoms with Crippen LogP contribution in [-0.2, 0) is 6.18 Å². The summed E-state index contributed by atoms with van der Waals surface area (Å²) in [6.07, 6.45) is -2.76. The number of imidazole rings is 1. The molecule has 0 unspecified atom stereocenters. The number of alkyl halides is 3. The standard InChI is InChI=1S/C25H26F3N7O/c1-16(2)35-23-21(15-29-35)30-22(32-23)17-7-9-18(10-8-17)33-11-13-34(14-12-33)24(36)31-20-6-4-3-5-19(20)25(26,27)28/h3-10,15-16H,11-14H2,1-2H3,(H,30,32)(H,31,36). The van der Waals surface area contributed by atoms with E-state index in [0.29, 0.717) is 26.2 Å². The number of carbonyl (C=O) groups excluding carboxylic acids is 1. The second-order valence-corrected chi connectivity index (χ2v) is 9.00. The van der Waals surface area contributed by atoms with Gasteiger partial charge < -0.3 is 20.1 Å². The molecule has 8 nitrogen and oxygen atoms in total. The van der Waals surface area contributed by atoms with Gasteiger partial charge in [-0.2, -0.15) is 18.3 Å². The van der Waals surface area contributed by atoms with Crippen LogP contribution in [0.1, 0.15) is 25.5 Å². The lowest BCUT2D eigenvalue weighted by atomic mass is 10.1. The molecular weight excluding hydrogens is 471 g/mol. The van der Waals surface area contributed by atoms with Crippen molar-refractivity contribution in [2.24, 2.45) is 0 Å². The van der Waals surface area contributed by atoms with Gasteiger partial charge in [0.15, 0.2) is 5.65 Å². The van der Waals surface area contributed by atoms with Crippen LogP contribution in [0, 0.1) is 0 Å². The van der Waals surface area contributed by atoms with Crippen LogP contribution in [0.25, 0.3) is 22.6 Å². The molecule has 36 heavy (non-hydrogen) atoms. The third-order valence-corrected chi connectivity index (χ3v) is 6.28. The van der Waals surface area contributed by atoms with Gasteiger partial charge in [-0.25, -0.2) is 14.5 Å². The summed E-state index contributed by atoms with van der Waals surface area (Å²) in [5.74, 6) is 0.768. The normalized spacial score (nSPS) is 14.6. The largest absolute Gasteiger partial charge is 0.418 e. The molecule has 2 amide bonds. The molecule has 0 spiro atoms. The lowest BCUT2D eigenvalue weighted by Gasteiger charge is -2.36. The van der Waals surface area contributed by atoms with Gasteiger partial charge in [0.1, 0.15) is 11.3 Å². The molecule has 0 bridgehead atoms. The number of hydrogen-bond acceptors (Lipinski definition) is 4. The van der Waals surface area contributed by atoms with Gasteiger partial charge >= 0.3 is 12.2 Å². The molecule has 0 atom stereocenters. The molecule has 0 radical (unpaired) electrons. The lowest BCUT2D eigenvalue weighted by Crippen LogP contribution is -2.50. The molecule has 0 aliphatic carbocycles. The Morgan fingerprint density at radius 1 is 1.03 bits per heavy atom. The summed E-state index contributed by atoms with van der Waals surface area (Å²) < 4.78 is 41.5. The van der Waals surface area contributed by atoms with Crippen LogP contribution in [0.4, 0.5) is 29.3 Å². The van der Waals surface area contributed by atoms with Gasteiger partial charge in [0.25, 0.3) is 0 Å². The summed E-state index contributed by atoms with van der Waals surface area (Å²) in [7, 11) is 0. The van der Waals surface area contributed by atoms with Crippen molar-refractivity contribution in [3.63, 3.8) is 0 Å². The van der Waals surface area contributed by atoms with E-state index in [4.69, 9.17) is 4.98 Å². The summed E-state index contributed by atoms with van der Waals surface area (Å²) >= 11 is 0. The molecule has 2 aromatic carbocycles. The van der Waals surface area contributed by atoms with Crippen molar-refractivity contribution in [1.82, 2.24) is 24.6 Å². The van der Waals surface area contributed by atoms with Crippen LogP contribution >= 0.6 is 0 Å². The Kier molecular flexibility index (Phi) is 6.07. The fourth-order valence-corrected chi connectivity index (χ4v) is 4.36. The van der Waals surface area contributed by atoms with Crippen LogP contribution in [0.3, 0.4) is 0 Å². The summed E-state index contributed by atoms with van der Waals surface area (Å²) in [5.41, 5.74) is 2.56. The number of aromatic nitrogens is 4. The molecule has 0 saturated carbocycles. The summed E-state index contributed by atoms with van der Waals surface area (Å²) in [6, 6.07) is 12.7. The average molecular weight is 498 g/mol. The minimum absolute atomic E-state index is 0.209. The smallest absolute Gasteiger partial charge is 0.368 e. The third-order valence-electron chi connectivity index (χ3n) is 6.28. The minimum atomic E-state index is -4.54. The molecule has 3 heterocycles. The van der Waals surface area contributed by atoms with Crippen LogP contribution in [-0.4, -0.2) is 56.9 Å². The first-order valence-corrected chi connectivity index (χ1v) is 11.7. The van der Waals surface area contributed by atoms with Crippen molar-refractivity contribution < 1.29 is 18.0 Å². The van der Waals surface area contributed by atoms with Crippen molar-refractivity contribution in [3.8, 4) is 11.4 Å². The number of H-pyrrole nitrogens is 1. The maximum Gasteiger partial charge on any atom is 0.418 e. The van der Waals surface area contributed by atoms with Crippen molar-refractivity contribution >= 4 is 28.6 Å². The van der Waals surface area contributed by atoms with E-state index in [9.17, 15) is 18.0 Å². The maximum absolute atomic E-state index is 13.2. The fraction of sp³-hybridized carbons (Fsp3) is 0.320. The van der Waals surface area contributed by atoms with Gasteiger partial charge in [0.2, 0.25) is 0 Å². The zero-order valence-corrected chi connectivity index (χ0v) is 19.9. The molecule has 1 fully saturated rings. The average Bonchev–Trinajstić information content (AvgIpc) is 3.45. The second-order valence-electron chi connectivity index (χ2n) is 9.00. The van der Waals surface area contributed by atoms with E-state index in [0.717, 1.165) is 34.3 Å². The first kappa shape index (κ1) is 23.7. The molecule has 2 aromatic heterocycles. The van der Waals surface area contributed by atoms with E-state index in [1.54, 1.807) is 6.20 Å². The van der Waals surface area contributed by atoms with Gasteiger partial charge in [-0.3, -0.25) is 0 Å². The number of urea groups is 1. The first-order valence-electron chi connectivity index (χ1n) is 11.7. The molecule has 2 N–H and O–H groups in total. The van der Waals surface area contributed by atoms with E-state index >= 15 is 0 Å². The monoisotopic (exact) mass is 497 g/mol. The number of carbonyl (C=O) groups is 1. The highest BCUT2D eigenvalue weighted by Crippen LogP contribution is 2.34. The molecule has 1 saturated heterocycles. The molecule has 1 aliphatic heterocycles. The maximum atomic E-state index is 13.2. The number of rotatable bonds is 4. The number of para-hydroxylation sites is 1. The summed E-state index contributed by atoms with van der Waals surface area (Å²) in [6.45, 7) is 6.06. The van der Waals surface area contributed by atoms with E-state index in [-0.39, 0.29) is 11.7 Å². The van der Waals surface area contributed by atoms with Gasteiger partial charge in [-0.1, -0.05) is 12.1 Å². The minimum Gasteiger partial charge on any atom is -0.368 e. The van der Waals surface area contributed by atoms with Crippen molar-refractivity contribution in [2.75, 3.05) is 36.4 Å². The van der Waals surface area contributed by atoms with Crippen molar-refractivity contribution in [1.29, 1.82) is 0 Å².